The van der Waals surface area contributed by atoms with E-state index in [2.05, 4.69) is 0 Å². The summed E-state index contributed by atoms with van der Waals surface area (Å²) >= 11 is 0. The molecule has 7 nitrogen and oxygen atoms in total. The summed E-state index contributed by atoms with van der Waals surface area (Å²) in [5.41, 5.74) is 0.844. The van der Waals surface area contributed by atoms with Gasteiger partial charge in [0, 0.05) is 0 Å². The molecule has 1 heterocycles. The molecule has 0 unspecified atom stereocenters. The maximum atomic E-state index is 12.3. The van der Waals surface area contributed by atoms with Crippen LogP contribution in [0.1, 0.15) is 31.1 Å². The number of imide groups is 1. The molecule has 0 saturated carbocycles. The van der Waals surface area contributed by atoms with Gasteiger partial charge in [-0.3, -0.25) is 14.5 Å². The Morgan fingerprint density at radius 2 is 1.68 bits per heavy atom. The first-order chi connectivity index (χ1) is 12.0. The van der Waals surface area contributed by atoms with Crippen LogP contribution < -0.4 is 9.47 Å². The molecular formula is C18H15NO6. The van der Waals surface area contributed by atoms with E-state index < -0.39 is 5.97 Å². The van der Waals surface area contributed by atoms with Crippen molar-refractivity contribution in [1.82, 2.24) is 4.90 Å². The minimum absolute atomic E-state index is 0.0637. The molecular weight excluding hydrogens is 326 g/mol. The third-order valence-corrected chi connectivity index (χ3v) is 3.86. The van der Waals surface area contributed by atoms with Gasteiger partial charge in [-0.05, 0) is 30.3 Å². The molecule has 1 aliphatic rings. The second kappa shape index (κ2) is 6.64. The molecule has 0 spiro atoms. The fourth-order valence-electron chi connectivity index (χ4n) is 2.61. The van der Waals surface area contributed by atoms with E-state index in [1.165, 1.54) is 25.3 Å². The fourth-order valence-corrected chi connectivity index (χ4v) is 2.61. The van der Waals surface area contributed by atoms with Gasteiger partial charge in [0.05, 0.1) is 30.3 Å². The number of carboxylic acid groups (broad SMARTS) is 1. The minimum Gasteiger partial charge on any atom is -0.493 e. The number of methoxy groups -OCH3 is 1. The number of carbonyl (C=O) groups excluding carboxylic acids is 2. The number of benzene rings is 2. The van der Waals surface area contributed by atoms with Crippen molar-refractivity contribution in [3.8, 4) is 11.5 Å². The number of rotatable bonds is 6. The zero-order valence-corrected chi connectivity index (χ0v) is 13.4. The lowest BCUT2D eigenvalue weighted by Crippen LogP contribution is -2.33. The molecule has 25 heavy (non-hydrogen) atoms. The topological polar surface area (TPSA) is 93.1 Å². The zero-order valence-electron chi connectivity index (χ0n) is 13.4. The van der Waals surface area contributed by atoms with Gasteiger partial charge in [0.2, 0.25) is 0 Å². The summed E-state index contributed by atoms with van der Waals surface area (Å²) in [4.78, 5) is 36.6. The van der Waals surface area contributed by atoms with Crippen molar-refractivity contribution < 1.29 is 29.0 Å². The van der Waals surface area contributed by atoms with Crippen molar-refractivity contribution >= 4 is 17.8 Å². The van der Waals surface area contributed by atoms with Crippen LogP contribution in [0.5, 0.6) is 11.5 Å². The highest BCUT2D eigenvalue weighted by Gasteiger charge is 2.34. The molecule has 2 amide bonds. The molecule has 0 aliphatic carbocycles. The van der Waals surface area contributed by atoms with Crippen LogP contribution in [0.4, 0.5) is 0 Å². The lowest BCUT2D eigenvalue weighted by Gasteiger charge is -2.16. The summed E-state index contributed by atoms with van der Waals surface area (Å²) in [5, 5.41) is 8.98. The van der Waals surface area contributed by atoms with Crippen molar-refractivity contribution in [1.29, 1.82) is 0 Å². The number of fused-ring (bicyclic) bond motifs is 1. The smallest absolute Gasteiger partial charge is 0.335 e. The van der Waals surface area contributed by atoms with E-state index in [1.54, 1.807) is 24.3 Å². The Morgan fingerprint density at radius 1 is 1.04 bits per heavy atom. The van der Waals surface area contributed by atoms with Crippen LogP contribution in [0, 0.1) is 0 Å². The number of carboxylic acids is 1. The van der Waals surface area contributed by atoms with Gasteiger partial charge in [-0.15, -0.1) is 0 Å². The molecule has 128 valence electrons. The highest BCUT2D eigenvalue weighted by atomic mass is 16.5. The quantitative estimate of drug-likeness (QED) is 0.809. The first-order valence-electron chi connectivity index (χ1n) is 7.52. The second-order valence-electron chi connectivity index (χ2n) is 5.33. The van der Waals surface area contributed by atoms with Gasteiger partial charge >= 0.3 is 5.97 Å². The largest absolute Gasteiger partial charge is 0.493 e. The Balaban J connectivity index is 1.67. The van der Waals surface area contributed by atoms with Gasteiger partial charge in [0.1, 0.15) is 6.61 Å². The minimum atomic E-state index is -1.07. The molecule has 1 N–H and O–H groups in total. The van der Waals surface area contributed by atoms with Crippen molar-refractivity contribution in [2.45, 2.75) is 0 Å². The maximum absolute atomic E-state index is 12.3. The van der Waals surface area contributed by atoms with Gasteiger partial charge in [0.25, 0.3) is 11.8 Å². The molecule has 0 atom stereocenters. The molecule has 7 heteroatoms. The predicted molar refractivity (Wildman–Crippen MR) is 87.3 cm³/mol. The standard InChI is InChI=1S/C18H15NO6/c1-24-15-10-11(18(22)23)6-7-14(15)25-9-8-19-16(20)12-4-2-3-5-13(12)17(19)21/h2-7,10H,8-9H2,1H3,(H,22,23). The van der Waals surface area contributed by atoms with Gasteiger partial charge in [0.15, 0.2) is 11.5 Å². The predicted octanol–water partition coefficient (Wildman–Crippen LogP) is 2.07. The summed E-state index contributed by atoms with van der Waals surface area (Å²) in [6.07, 6.45) is 0. The average Bonchev–Trinajstić information content (AvgIpc) is 2.87. The van der Waals surface area contributed by atoms with E-state index in [4.69, 9.17) is 14.6 Å². The summed E-state index contributed by atoms with van der Waals surface area (Å²) in [6.45, 7) is 0.143. The van der Waals surface area contributed by atoms with Crippen molar-refractivity contribution in [2.75, 3.05) is 20.3 Å². The van der Waals surface area contributed by atoms with Gasteiger partial charge < -0.3 is 14.6 Å². The summed E-state index contributed by atoms with van der Waals surface area (Å²) in [7, 11) is 1.40. The SMILES string of the molecule is COc1cc(C(=O)O)ccc1OCCN1C(=O)c2ccccc2C1=O. The van der Waals surface area contributed by atoms with E-state index in [9.17, 15) is 14.4 Å². The first-order valence-corrected chi connectivity index (χ1v) is 7.52. The molecule has 0 aromatic heterocycles. The highest BCUT2D eigenvalue weighted by molar-refractivity contribution is 6.21. The maximum Gasteiger partial charge on any atom is 0.335 e. The van der Waals surface area contributed by atoms with Gasteiger partial charge in [-0.2, -0.15) is 0 Å². The van der Waals surface area contributed by atoms with Crippen LogP contribution in [0.2, 0.25) is 0 Å². The van der Waals surface area contributed by atoms with Crippen molar-refractivity contribution in [2.24, 2.45) is 0 Å². The molecule has 0 bridgehead atoms. The summed E-state index contributed by atoms with van der Waals surface area (Å²) in [5.74, 6) is -1.17. The van der Waals surface area contributed by atoms with Crippen LogP contribution in [-0.2, 0) is 0 Å². The fraction of sp³-hybridized carbons (Fsp3) is 0.167. The summed E-state index contributed by atoms with van der Waals surface area (Å²) in [6, 6.07) is 10.9. The monoisotopic (exact) mass is 341 g/mol. The zero-order chi connectivity index (χ0) is 18.0. The molecule has 2 aromatic rings. The number of ether oxygens (including phenoxy) is 2. The lowest BCUT2D eigenvalue weighted by molar-refractivity contribution is 0.0627. The van der Waals surface area contributed by atoms with E-state index in [0.717, 1.165) is 4.90 Å². The third kappa shape index (κ3) is 3.03. The van der Waals surface area contributed by atoms with E-state index >= 15 is 0 Å². The number of hydrogen-bond donors (Lipinski definition) is 1. The van der Waals surface area contributed by atoms with Crippen LogP contribution in [0.3, 0.4) is 0 Å². The average molecular weight is 341 g/mol. The van der Waals surface area contributed by atoms with Crippen LogP contribution in [0.15, 0.2) is 42.5 Å². The third-order valence-electron chi connectivity index (χ3n) is 3.86. The second-order valence-corrected chi connectivity index (χ2v) is 5.33. The van der Waals surface area contributed by atoms with E-state index in [0.29, 0.717) is 16.9 Å². The molecule has 3 rings (SSSR count). The Bertz CT molecular complexity index is 825. The molecule has 0 fully saturated rings. The molecule has 0 radical (unpaired) electrons. The molecule has 2 aromatic carbocycles. The lowest BCUT2D eigenvalue weighted by atomic mass is 10.1. The molecule has 0 saturated heterocycles. The Hall–Kier alpha value is -3.35. The number of aromatic carboxylic acids is 1. The van der Waals surface area contributed by atoms with E-state index in [1.807, 2.05) is 0 Å². The van der Waals surface area contributed by atoms with Crippen molar-refractivity contribution in [3.05, 3.63) is 59.2 Å². The number of nitrogens with zero attached hydrogens (tertiary/aromatic N) is 1. The first kappa shape index (κ1) is 16.5. The molecule has 1 aliphatic heterocycles. The Morgan fingerprint density at radius 3 is 2.24 bits per heavy atom. The number of carbonyl (C=O) groups is 3. The van der Waals surface area contributed by atoms with Crippen LogP contribution in [-0.4, -0.2) is 48.1 Å². The normalized spacial score (nSPS) is 12.9. The van der Waals surface area contributed by atoms with E-state index in [-0.39, 0.29) is 36.3 Å². The number of hydrogen-bond acceptors (Lipinski definition) is 5. The highest BCUT2D eigenvalue weighted by Crippen LogP contribution is 2.28. The number of amides is 2. The van der Waals surface area contributed by atoms with Crippen molar-refractivity contribution in [3.63, 3.8) is 0 Å². The Kier molecular flexibility index (Phi) is 4.38. The Labute approximate surface area is 143 Å². The van der Waals surface area contributed by atoms with Gasteiger partial charge in [-0.1, -0.05) is 12.1 Å². The van der Waals surface area contributed by atoms with Crippen LogP contribution in [0.25, 0.3) is 0 Å². The van der Waals surface area contributed by atoms with Gasteiger partial charge in [-0.25, -0.2) is 4.79 Å². The summed E-state index contributed by atoms with van der Waals surface area (Å²) < 4.78 is 10.7. The van der Waals surface area contributed by atoms with Crippen LogP contribution >= 0.6 is 0 Å².